The molecule has 0 fully saturated rings. The average molecular weight is 299 g/mol. The Kier molecular flexibility index (Phi) is 5.52. The molecular formula is C13H15ClN2O4. The second-order valence-electron chi connectivity index (χ2n) is 4.03. The van der Waals surface area contributed by atoms with Gasteiger partial charge >= 0.3 is 5.97 Å². The van der Waals surface area contributed by atoms with Gasteiger partial charge in [0, 0.05) is 6.20 Å². The van der Waals surface area contributed by atoms with Crippen LogP contribution < -0.4 is 0 Å². The molecule has 1 aliphatic heterocycles. The predicted molar refractivity (Wildman–Crippen MR) is 73.2 cm³/mol. The number of hydrogen-bond donors (Lipinski definition) is 1. The highest BCUT2D eigenvalue weighted by molar-refractivity contribution is 6.04. The van der Waals surface area contributed by atoms with Crippen molar-refractivity contribution in [2.45, 2.75) is 13.5 Å². The molecule has 0 saturated carbocycles. The van der Waals surface area contributed by atoms with Crippen molar-refractivity contribution in [1.29, 1.82) is 0 Å². The third-order valence-corrected chi connectivity index (χ3v) is 2.73. The van der Waals surface area contributed by atoms with E-state index < -0.39 is 17.6 Å². The van der Waals surface area contributed by atoms with Crippen molar-refractivity contribution >= 4 is 24.3 Å². The van der Waals surface area contributed by atoms with Crippen LogP contribution in [0, 0.1) is 0 Å². The van der Waals surface area contributed by atoms with E-state index in [9.17, 15) is 14.7 Å². The quantitative estimate of drug-likeness (QED) is 0.846. The van der Waals surface area contributed by atoms with E-state index in [1.54, 1.807) is 25.3 Å². The van der Waals surface area contributed by atoms with Crippen molar-refractivity contribution in [2.75, 3.05) is 13.2 Å². The van der Waals surface area contributed by atoms with Crippen molar-refractivity contribution < 1.29 is 19.4 Å². The van der Waals surface area contributed by atoms with Crippen molar-refractivity contribution in [3.05, 3.63) is 41.4 Å². The monoisotopic (exact) mass is 298 g/mol. The maximum absolute atomic E-state index is 11.8. The number of nitrogens with zero attached hydrogens (tertiary/aromatic N) is 2. The van der Waals surface area contributed by atoms with E-state index in [0.717, 1.165) is 0 Å². The lowest BCUT2D eigenvalue weighted by Crippen LogP contribution is -2.27. The highest BCUT2D eigenvalue weighted by Gasteiger charge is 2.34. The summed E-state index contributed by atoms with van der Waals surface area (Å²) in [7, 11) is 0. The van der Waals surface area contributed by atoms with Crippen LogP contribution in [0.3, 0.4) is 0 Å². The lowest BCUT2D eigenvalue weighted by molar-refractivity contribution is -0.138. The molecular weight excluding hydrogens is 284 g/mol. The first kappa shape index (κ1) is 16.0. The molecule has 1 aromatic rings. The van der Waals surface area contributed by atoms with Gasteiger partial charge in [0.05, 0.1) is 25.4 Å². The molecule has 0 unspecified atom stereocenters. The van der Waals surface area contributed by atoms with Gasteiger partial charge in [0.2, 0.25) is 0 Å². The Labute approximate surface area is 122 Å². The summed E-state index contributed by atoms with van der Waals surface area (Å²) in [4.78, 5) is 28.8. The summed E-state index contributed by atoms with van der Waals surface area (Å²) in [5.74, 6) is -1.76. The topological polar surface area (TPSA) is 79.7 Å². The first-order valence-corrected chi connectivity index (χ1v) is 5.92. The van der Waals surface area contributed by atoms with Crippen LogP contribution in [0.15, 0.2) is 35.7 Å². The van der Waals surface area contributed by atoms with Crippen LogP contribution in [0.4, 0.5) is 0 Å². The van der Waals surface area contributed by atoms with E-state index in [1.807, 2.05) is 6.07 Å². The fourth-order valence-electron chi connectivity index (χ4n) is 1.81. The summed E-state index contributed by atoms with van der Waals surface area (Å²) in [6.07, 6.45) is 1.62. The molecule has 0 bridgehead atoms. The van der Waals surface area contributed by atoms with Crippen LogP contribution in [0.1, 0.15) is 12.6 Å². The van der Waals surface area contributed by atoms with Gasteiger partial charge in [-0.3, -0.25) is 9.78 Å². The minimum atomic E-state index is -0.656. The highest BCUT2D eigenvalue weighted by Crippen LogP contribution is 2.20. The van der Waals surface area contributed by atoms with Gasteiger partial charge < -0.3 is 14.7 Å². The SMILES string of the molecule is CCOC(=O)C1=C(O)C(=O)N(Cc2ccccn2)C1.Cl. The molecule has 2 rings (SSSR count). The maximum Gasteiger partial charge on any atom is 0.339 e. The van der Waals surface area contributed by atoms with Crippen LogP contribution in [0.2, 0.25) is 0 Å². The zero-order chi connectivity index (χ0) is 13.8. The molecule has 7 heteroatoms. The molecule has 0 aliphatic carbocycles. The third kappa shape index (κ3) is 3.27. The first-order valence-electron chi connectivity index (χ1n) is 5.92. The highest BCUT2D eigenvalue weighted by atomic mass is 35.5. The fraction of sp³-hybridized carbons (Fsp3) is 0.308. The van der Waals surface area contributed by atoms with Gasteiger partial charge in [0.15, 0.2) is 5.76 Å². The number of hydrogen-bond acceptors (Lipinski definition) is 5. The number of carbonyl (C=O) groups is 2. The van der Waals surface area contributed by atoms with Gasteiger partial charge in [-0.15, -0.1) is 12.4 Å². The zero-order valence-corrected chi connectivity index (χ0v) is 11.7. The Morgan fingerprint density at radius 2 is 2.25 bits per heavy atom. The summed E-state index contributed by atoms with van der Waals surface area (Å²) >= 11 is 0. The van der Waals surface area contributed by atoms with Gasteiger partial charge in [-0.05, 0) is 19.1 Å². The van der Waals surface area contributed by atoms with Gasteiger partial charge in [0.1, 0.15) is 5.57 Å². The largest absolute Gasteiger partial charge is 0.503 e. The van der Waals surface area contributed by atoms with Crippen LogP contribution in [-0.4, -0.2) is 40.0 Å². The van der Waals surface area contributed by atoms with Crippen molar-refractivity contribution in [3.63, 3.8) is 0 Å². The van der Waals surface area contributed by atoms with Crippen LogP contribution in [0.5, 0.6) is 0 Å². The number of aliphatic hydroxyl groups is 1. The lowest BCUT2D eigenvalue weighted by atomic mass is 10.2. The van der Waals surface area contributed by atoms with Gasteiger partial charge in [-0.2, -0.15) is 0 Å². The molecule has 1 amide bonds. The summed E-state index contributed by atoms with van der Waals surface area (Å²) in [5.41, 5.74) is 0.691. The fourth-order valence-corrected chi connectivity index (χ4v) is 1.81. The van der Waals surface area contributed by atoms with E-state index in [1.165, 1.54) is 4.90 Å². The minimum Gasteiger partial charge on any atom is -0.503 e. The van der Waals surface area contributed by atoms with Crippen LogP contribution >= 0.6 is 12.4 Å². The summed E-state index contributed by atoms with van der Waals surface area (Å²) in [6.45, 7) is 2.15. The number of amides is 1. The average Bonchev–Trinajstić information content (AvgIpc) is 2.69. The Bertz CT molecular complexity index is 530. The normalized spacial score (nSPS) is 14.2. The summed E-state index contributed by atoms with van der Waals surface area (Å²) < 4.78 is 4.79. The first-order chi connectivity index (χ1) is 9.13. The number of esters is 1. The van der Waals surface area contributed by atoms with Gasteiger partial charge in [-0.1, -0.05) is 6.07 Å². The molecule has 20 heavy (non-hydrogen) atoms. The molecule has 0 spiro atoms. The number of aromatic nitrogens is 1. The summed E-state index contributed by atoms with van der Waals surface area (Å²) in [6, 6.07) is 5.35. The second-order valence-corrected chi connectivity index (χ2v) is 4.03. The number of ether oxygens (including phenoxy) is 1. The number of aliphatic hydroxyl groups excluding tert-OH is 1. The molecule has 0 aromatic carbocycles. The Hall–Kier alpha value is -2.08. The van der Waals surface area contributed by atoms with Crippen molar-refractivity contribution in [2.24, 2.45) is 0 Å². The number of pyridine rings is 1. The van der Waals surface area contributed by atoms with E-state index >= 15 is 0 Å². The molecule has 108 valence electrons. The molecule has 1 aromatic heterocycles. The molecule has 1 N–H and O–H groups in total. The van der Waals surface area contributed by atoms with Crippen molar-refractivity contribution in [1.82, 2.24) is 9.88 Å². The minimum absolute atomic E-state index is 0. The molecule has 0 saturated heterocycles. The van der Waals surface area contributed by atoms with Crippen molar-refractivity contribution in [3.8, 4) is 0 Å². The molecule has 1 aliphatic rings. The third-order valence-electron chi connectivity index (χ3n) is 2.73. The molecule has 0 radical (unpaired) electrons. The van der Waals surface area contributed by atoms with E-state index in [-0.39, 0.29) is 37.7 Å². The number of halogens is 1. The Morgan fingerprint density at radius 3 is 2.85 bits per heavy atom. The van der Waals surface area contributed by atoms with E-state index in [0.29, 0.717) is 5.69 Å². The van der Waals surface area contributed by atoms with Crippen LogP contribution in [-0.2, 0) is 20.9 Å². The standard InChI is InChI=1S/C13H14N2O4.ClH/c1-2-19-13(18)10-8-15(12(17)11(10)16)7-9-5-3-4-6-14-9;/h3-6,16H,2,7-8H2,1H3;1H. The van der Waals surface area contributed by atoms with Gasteiger partial charge in [0.25, 0.3) is 5.91 Å². The molecule has 2 heterocycles. The molecule has 6 nitrogen and oxygen atoms in total. The molecule has 0 atom stereocenters. The van der Waals surface area contributed by atoms with Gasteiger partial charge in [-0.25, -0.2) is 4.79 Å². The maximum atomic E-state index is 11.8. The number of rotatable bonds is 4. The summed E-state index contributed by atoms with van der Waals surface area (Å²) in [5, 5.41) is 9.67. The zero-order valence-electron chi connectivity index (χ0n) is 10.9. The van der Waals surface area contributed by atoms with E-state index in [4.69, 9.17) is 4.74 Å². The Morgan fingerprint density at radius 1 is 1.50 bits per heavy atom. The Balaban J connectivity index is 0.00000200. The number of carbonyl (C=O) groups excluding carboxylic acids is 2. The smallest absolute Gasteiger partial charge is 0.339 e. The van der Waals surface area contributed by atoms with E-state index in [2.05, 4.69) is 4.98 Å². The predicted octanol–water partition coefficient (Wildman–Crippen LogP) is 1.22. The lowest BCUT2D eigenvalue weighted by Gasteiger charge is -2.15. The van der Waals surface area contributed by atoms with Crippen LogP contribution in [0.25, 0.3) is 0 Å². The second kappa shape index (κ2) is 6.91.